The molecule has 0 radical (unpaired) electrons. The summed E-state index contributed by atoms with van der Waals surface area (Å²) in [6, 6.07) is -0.500. The van der Waals surface area contributed by atoms with E-state index >= 15 is 0 Å². The van der Waals surface area contributed by atoms with Crippen LogP contribution in [0, 0.1) is 5.92 Å². The van der Waals surface area contributed by atoms with Crippen molar-refractivity contribution < 1.29 is 39.2 Å². The summed E-state index contributed by atoms with van der Waals surface area (Å²) in [5, 5.41) is 32.4. The Balaban J connectivity index is 2.00. The Morgan fingerprint density at radius 3 is 2.64 bits per heavy atom. The van der Waals surface area contributed by atoms with Gasteiger partial charge < -0.3 is 24.8 Å². The minimum absolute atomic E-state index is 0.227. The standard InChI is InChI=1S/C16H23NO8/c1-8-13(19)24-10-4-5-17-12(10)9(6-11(18)25-17)7-23-14(20)16(3,22)15(8,2)21/h6,8,10-12,18,21-22H,4-5,7H2,1-3H3/t8-,10+,11?,12+,15+,16-/m0/s1. The van der Waals surface area contributed by atoms with Gasteiger partial charge in [0.05, 0.1) is 12.0 Å². The van der Waals surface area contributed by atoms with Crippen molar-refractivity contribution in [3.8, 4) is 0 Å². The Bertz CT molecular complexity index is 613. The highest BCUT2D eigenvalue weighted by molar-refractivity contribution is 5.83. The van der Waals surface area contributed by atoms with E-state index in [9.17, 15) is 24.9 Å². The second-order valence-electron chi connectivity index (χ2n) is 7.10. The van der Waals surface area contributed by atoms with Gasteiger partial charge in [0.1, 0.15) is 18.3 Å². The summed E-state index contributed by atoms with van der Waals surface area (Å²) < 4.78 is 10.7. The van der Waals surface area contributed by atoms with Crippen LogP contribution in [0.15, 0.2) is 11.6 Å². The van der Waals surface area contributed by atoms with Gasteiger partial charge in [0.2, 0.25) is 0 Å². The molecule has 0 spiro atoms. The van der Waals surface area contributed by atoms with Crippen LogP contribution < -0.4 is 0 Å². The van der Waals surface area contributed by atoms with Crippen molar-refractivity contribution in [2.45, 2.75) is 56.8 Å². The van der Waals surface area contributed by atoms with Crippen LogP contribution in [0.1, 0.15) is 27.2 Å². The van der Waals surface area contributed by atoms with Gasteiger partial charge >= 0.3 is 11.9 Å². The monoisotopic (exact) mass is 357 g/mol. The fourth-order valence-electron chi connectivity index (χ4n) is 3.38. The topological polar surface area (TPSA) is 126 Å². The maximum absolute atomic E-state index is 12.5. The van der Waals surface area contributed by atoms with Crippen LogP contribution in [-0.2, 0) is 23.9 Å². The molecule has 1 unspecified atom stereocenters. The van der Waals surface area contributed by atoms with Crippen LogP contribution in [0.25, 0.3) is 0 Å². The second-order valence-corrected chi connectivity index (χ2v) is 7.10. The van der Waals surface area contributed by atoms with Gasteiger partial charge in [-0.05, 0) is 32.4 Å². The minimum atomic E-state index is -2.32. The number of aliphatic hydroxyl groups is 3. The van der Waals surface area contributed by atoms with Gasteiger partial charge in [-0.2, -0.15) is 5.06 Å². The molecule has 25 heavy (non-hydrogen) atoms. The van der Waals surface area contributed by atoms with E-state index in [-0.39, 0.29) is 6.61 Å². The van der Waals surface area contributed by atoms with Crippen molar-refractivity contribution in [1.82, 2.24) is 5.06 Å². The molecule has 9 heteroatoms. The van der Waals surface area contributed by atoms with E-state index in [0.29, 0.717) is 18.5 Å². The van der Waals surface area contributed by atoms with Gasteiger partial charge in [0, 0.05) is 13.0 Å². The summed E-state index contributed by atoms with van der Waals surface area (Å²) in [4.78, 5) is 30.2. The molecule has 0 amide bonds. The lowest BCUT2D eigenvalue weighted by atomic mass is 9.76. The number of cyclic esters (lactones) is 1. The Hall–Kier alpha value is -1.52. The first kappa shape index (κ1) is 18.3. The third-order valence-corrected chi connectivity index (χ3v) is 5.49. The number of hydrogen-bond donors (Lipinski definition) is 3. The van der Waals surface area contributed by atoms with Gasteiger partial charge in [-0.25, -0.2) is 4.79 Å². The zero-order chi connectivity index (χ0) is 18.6. The molecule has 3 heterocycles. The van der Waals surface area contributed by atoms with E-state index in [1.807, 2.05) is 0 Å². The zero-order valence-electron chi connectivity index (χ0n) is 14.3. The van der Waals surface area contributed by atoms with E-state index in [4.69, 9.17) is 14.3 Å². The van der Waals surface area contributed by atoms with Crippen molar-refractivity contribution in [3.63, 3.8) is 0 Å². The number of hydrogen-bond acceptors (Lipinski definition) is 9. The Labute approximate surface area is 144 Å². The average molecular weight is 357 g/mol. The first-order chi connectivity index (χ1) is 11.6. The SMILES string of the molecule is C[C@H]1C(=O)O[C@@H]2CCN3OC(O)C=C(COC(=O)[C@](C)(O)[C@]1(C)O)[C@H]23. The molecular weight excluding hydrogens is 334 g/mol. The van der Waals surface area contributed by atoms with Crippen molar-refractivity contribution in [2.75, 3.05) is 13.2 Å². The first-order valence-corrected chi connectivity index (χ1v) is 8.20. The molecule has 6 atom stereocenters. The number of rotatable bonds is 0. The molecule has 2 saturated heterocycles. The largest absolute Gasteiger partial charge is 0.460 e. The van der Waals surface area contributed by atoms with Crippen LogP contribution in [0.5, 0.6) is 0 Å². The molecule has 3 rings (SSSR count). The highest BCUT2D eigenvalue weighted by atomic mass is 16.8. The summed E-state index contributed by atoms with van der Waals surface area (Å²) >= 11 is 0. The van der Waals surface area contributed by atoms with Gasteiger partial charge in [-0.15, -0.1) is 0 Å². The lowest BCUT2D eigenvalue weighted by Crippen LogP contribution is -2.61. The van der Waals surface area contributed by atoms with Crippen LogP contribution in [-0.4, -0.2) is 75.1 Å². The molecule has 0 aromatic carbocycles. The first-order valence-electron chi connectivity index (χ1n) is 8.20. The minimum Gasteiger partial charge on any atom is -0.460 e. The van der Waals surface area contributed by atoms with Crippen molar-refractivity contribution in [3.05, 3.63) is 11.6 Å². The van der Waals surface area contributed by atoms with Gasteiger partial charge in [0.25, 0.3) is 0 Å². The fraction of sp³-hybridized carbons (Fsp3) is 0.750. The summed E-state index contributed by atoms with van der Waals surface area (Å²) in [5.74, 6) is -2.98. The number of esters is 2. The third-order valence-electron chi connectivity index (χ3n) is 5.49. The Morgan fingerprint density at radius 1 is 1.28 bits per heavy atom. The number of nitrogens with zero attached hydrogens (tertiary/aromatic N) is 1. The quantitative estimate of drug-likeness (QED) is 0.364. The van der Waals surface area contributed by atoms with Crippen LogP contribution in [0.4, 0.5) is 0 Å². The Morgan fingerprint density at radius 2 is 1.96 bits per heavy atom. The number of aliphatic hydroxyl groups excluding tert-OH is 1. The van der Waals surface area contributed by atoms with Crippen molar-refractivity contribution in [2.24, 2.45) is 5.92 Å². The summed E-state index contributed by atoms with van der Waals surface area (Å²) in [6.07, 6.45) is 0.0624. The number of carbonyl (C=O) groups is 2. The molecule has 2 fully saturated rings. The highest BCUT2D eigenvalue weighted by Crippen LogP contribution is 2.36. The normalized spacial score (nSPS) is 45.8. The average Bonchev–Trinajstić information content (AvgIpc) is 2.92. The van der Waals surface area contributed by atoms with E-state index in [1.165, 1.54) is 25.0 Å². The van der Waals surface area contributed by atoms with Crippen LogP contribution >= 0.6 is 0 Å². The molecule has 0 bridgehead atoms. The van der Waals surface area contributed by atoms with Crippen molar-refractivity contribution >= 4 is 11.9 Å². The number of hydroxylamine groups is 2. The van der Waals surface area contributed by atoms with Gasteiger partial charge in [0.15, 0.2) is 11.9 Å². The maximum Gasteiger partial charge on any atom is 0.341 e. The predicted molar refractivity (Wildman–Crippen MR) is 81.5 cm³/mol. The molecule has 3 aliphatic rings. The molecular formula is C16H23NO8. The molecule has 3 aliphatic heterocycles. The molecule has 0 aromatic heterocycles. The highest BCUT2D eigenvalue weighted by Gasteiger charge is 2.56. The van der Waals surface area contributed by atoms with Crippen LogP contribution in [0.3, 0.4) is 0 Å². The Kier molecular flexibility index (Phi) is 4.41. The zero-order valence-corrected chi connectivity index (χ0v) is 14.3. The predicted octanol–water partition coefficient (Wildman–Crippen LogP) is -1.14. The lowest BCUT2D eigenvalue weighted by Gasteiger charge is -2.39. The van der Waals surface area contributed by atoms with E-state index in [0.717, 1.165) is 6.92 Å². The van der Waals surface area contributed by atoms with Gasteiger partial charge in [-0.3, -0.25) is 9.63 Å². The van der Waals surface area contributed by atoms with Gasteiger partial charge in [-0.1, -0.05) is 0 Å². The fourth-order valence-corrected chi connectivity index (χ4v) is 3.38. The number of ether oxygens (including phenoxy) is 2. The van der Waals surface area contributed by atoms with E-state index in [1.54, 1.807) is 0 Å². The summed E-state index contributed by atoms with van der Waals surface area (Å²) in [5.41, 5.74) is -3.92. The third kappa shape index (κ3) is 2.85. The van der Waals surface area contributed by atoms with E-state index < -0.39 is 47.5 Å². The van der Waals surface area contributed by atoms with E-state index in [2.05, 4.69) is 0 Å². The van der Waals surface area contributed by atoms with Crippen molar-refractivity contribution in [1.29, 1.82) is 0 Å². The molecule has 0 aliphatic carbocycles. The molecule has 140 valence electrons. The molecule has 3 N–H and O–H groups in total. The molecule has 9 nitrogen and oxygen atoms in total. The van der Waals surface area contributed by atoms with Crippen LogP contribution in [0.2, 0.25) is 0 Å². The maximum atomic E-state index is 12.5. The molecule has 0 aromatic rings. The number of carbonyl (C=O) groups excluding carboxylic acids is 2. The summed E-state index contributed by atoms with van der Waals surface area (Å²) in [7, 11) is 0. The lowest BCUT2D eigenvalue weighted by molar-refractivity contribution is -0.261. The molecule has 0 saturated carbocycles. The second kappa shape index (κ2) is 6.03. The smallest absolute Gasteiger partial charge is 0.341 e. The summed E-state index contributed by atoms with van der Waals surface area (Å²) in [6.45, 7) is 3.87.